The Labute approximate surface area is 179 Å². The lowest BCUT2D eigenvalue weighted by molar-refractivity contribution is 0.0875. The molecule has 7 heteroatoms. The zero-order valence-electron chi connectivity index (χ0n) is 18.6. The van der Waals surface area contributed by atoms with Crippen molar-refractivity contribution in [2.45, 2.75) is 77.5 Å². The van der Waals surface area contributed by atoms with Crippen molar-refractivity contribution in [1.29, 1.82) is 0 Å². The molecule has 0 aromatic carbocycles. The highest BCUT2D eigenvalue weighted by molar-refractivity contribution is 5.68. The number of aromatic nitrogens is 3. The second kappa shape index (κ2) is 10.5. The van der Waals surface area contributed by atoms with Gasteiger partial charge in [-0.3, -0.25) is 9.67 Å². The van der Waals surface area contributed by atoms with Gasteiger partial charge in [-0.2, -0.15) is 5.10 Å². The number of ether oxygens (including phenoxy) is 2. The maximum Gasteiger partial charge on any atom is 0.410 e. The van der Waals surface area contributed by atoms with Gasteiger partial charge in [-0.05, 0) is 50.7 Å². The first-order valence-corrected chi connectivity index (χ1v) is 11.1. The predicted molar refractivity (Wildman–Crippen MR) is 116 cm³/mol. The fraction of sp³-hybridized carbons (Fsp3) is 0.609. The van der Waals surface area contributed by atoms with Crippen LogP contribution in [0.15, 0.2) is 24.5 Å². The molecule has 0 spiro atoms. The Morgan fingerprint density at radius 1 is 1.20 bits per heavy atom. The van der Waals surface area contributed by atoms with Gasteiger partial charge in [-0.1, -0.05) is 20.3 Å². The molecule has 0 aliphatic heterocycles. The van der Waals surface area contributed by atoms with E-state index in [9.17, 15) is 4.79 Å². The molecule has 1 aliphatic carbocycles. The van der Waals surface area contributed by atoms with Crippen LogP contribution < -0.4 is 4.74 Å². The third-order valence-electron chi connectivity index (χ3n) is 6.04. The molecule has 3 rings (SSSR count). The standard InChI is InChI=1S/C23H34N4O3/c1-5-17(6-2)26(3)23(28)29-16-22-20(15-25-27(22)4)21-13-12-19(14-24-21)30-18-10-8-7-9-11-18/h12-15,17-18H,5-11,16H2,1-4H3. The van der Waals surface area contributed by atoms with E-state index in [4.69, 9.17) is 9.47 Å². The fourth-order valence-electron chi connectivity index (χ4n) is 4.05. The zero-order valence-corrected chi connectivity index (χ0v) is 18.6. The molecule has 164 valence electrons. The van der Waals surface area contributed by atoms with E-state index in [1.807, 2.05) is 19.2 Å². The average Bonchev–Trinajstić information content (AvgIpc) is 3.14. The van der Waals surface area contributed by atoms with Crippen LogP contribution in [0.3, 0.4) is 0 Å². The fourth-order valence-corrected chi connectivity index (χ4v) is 4.05. The summed E-state index contributed by atoms with van der Waals surface area (Å²) in [6, 6.07) is 4.08. The lowest BCUT2D eigenvalue weighted by Crippen LogP contribution is -2.36. The summed E-state index contributed by atoms with van der Waals surface area (Å²) >= 11 is 0. The van der Waals surface area contributed by atoms with Gasteiger partial charge in [-0.15, -0.1) is 0 Å². The first-order chi connectivity index (χ1) is 14.5. The molecule has 7 nitrogen and oxygen atoms in total. The number of nitrogens with zero attached hydrogens (tertiary/aromatic N) is 4. The Balaban J connectivity index is 1.65. The van der Waals surface area contributed by atoms with E-state index in [1.165, 1.54) is 19.3 Å². The number of rotatable bonds is 8. The van der Waals surface area contributed by atoms with Crippen molar-refractivity contribution in [3.8, 4) is 17.0 Å². The summed E-state index contributed by atoms with van der Waals surface area (Å²) in [5.41, 5.74) is 2.47. The van der Waals surface area contributed by atoms with Gasteiger partial charge in [0.2, 0.25) is 0 Å². The normalized spacial score (nSPS) is 14.7. The van der Waals surface area contributed by atoms with Gasteiger partial charge in [0, 0.05) is 25.7 Å². The number of carbonyl (C=O) groups is 1. The Hall–Kier alpha value is -2.57. The highest BCUT2D eigenvalue weighted by Crippen LogP contribution is 2.26. The number of hydrogen-bond acceptors (Lipinski definition) is 5. The van der Waals surface area contributed by atoms with Crippen molar-refractivity contribution in [2.75, 3.05) is 7.05 Å². The summed E-state index contributed by atoms with van der Waals surface area (Å²) in [7, 11) is 3.63. The molecule has 0 radical (unpaired) electrons. The molecule has 0 atom stereocenters. The van der Waals surface area contributed by atoms with Crippen molar-refractivity contribution in [3.05, 3.63) is 30.2 Å². The predicted octanol–water partition coefficient (Wildman–Crippen LogP) is 4.95. The van der Waals surface area contributed by atoms with E-state index in [1.54, 1.807) is 29.0 Å². The molecule has 1 aliphatic rings. The molecule has 0 bridgehead atoms. The third-order valence-corrected chi connectivity index (χ3v) is 6.04. The second-order valence-electron chi connectivity index (χ2n) is 8.02. The molecule has 1 saturated carbocycles. The van der Waals surface area contributed by atoms with Crippen LogP contribution >= 0.6 is 0 Å². The molecular formula is C23H34N4O3. The molecule has 0 N–H and O–H groups in total. The summed E-state index contributed by atoms with van der Waals surface area (Å²) in [6.07, 6.45) is 11.3. The van der Waals surface area contributed by atoms with Crippen molar-refractivity contribution in [2.24, 2.45) is 7.05 Å². The minimum Gasteiger partial charge on any atom is -0.489 e. The average molecular weight is 415 g/mol. The van der Waals surface area contributed by atoms with Crippen LogP contribution in [0, 0.1) is 0 Å². The minimum atomic E-state index is -0.319. The monoisotopic (exact) mass is 414 g/mol. The van der Waals surface area contributed by atoms with Crippen molar-refractivity contribution in [1.82, 2.24) is 19.7 Å². The summed E-state index contributed by atoms with van der Waals surface area (Å²) in [6.45, 7) is 4.30. The van der Waals surface area contributed by atoms with Gasteiger partial charge in [0.25, 0.3) is 0 Å². The molecule has 2 aromatic rings. The van der Waals surface area contributed by atoms with E-state index in [-0.39, 0.29) is 18.7 Å². The summed E-state index contributed by atoms with van der Waals surface area (Å²) in [5, 5.41) is 4.34. The highest BCUT2D eigenvalue weighted by Gasteiger charge is 2.20. The molecule has 30 heavy (non-hydrogen) atoms. The minimum absolute atomic E-state index is 0.150. The maximum absolute atomic E-state index is 12.4. The van der Waals surface area contributed by atoms with E-state index in [0.29, 0.717) is 6.10 Å². The quantitative estimate of drug-likeness (QED) is 0.611. The largest absolute Gasteiger partial charge is 0.489 e. The van der Waals surface area contributed by atoms with Crippen molar-refractivity contribution in [3.63, 3.8) is 0 Å². The van der Waals surface area contributed by atoms with Crippen LogP contribution in [-0.2, 0) is 18.4 Å². The summed E-state index contributed by atoms with van der Waals surface area (Å²) < 4.78 is 13.4. The van der Waals surface area contributed by atoms with Gasteiger partial charge < -0.3 is 14.4 Å². The van der Waals surface area contributed by atoms with Crippen molar-refractivity contribution < 1.29 is 14.3 Å². The van der Waals surface area contributed by atoms with E-state index >= 15 is 0 Å². The zero-order chi connectivity index (χ0) is 21.5. The summed E-state index contributed by atoms with van der Waals surface area (Å²) in [4.78, 5) is 18.7. The highest BCUT2D eigenvalue weighted by atomic mass is 16.6. The number of hydrogen-bond donors (Lipinski definition) is 0. The van der Waals surface area contributed by atoms with Crippen LogP contribution in [0.5, 0.6) is 5.75 Å². The number of amides is 1. The Kier molecular flexibility index (Phi) is 7.71. The lowest BCUT2D eigenvalue weighted by Gasteiger charge is -2.25. The molecule has 1 amide bonds. The van der Waals surface area contributed by atoms with Gasteiger partial charge in [0.1, 0.15) is 12.4 Å². The first kappa shape index (κ1) is 22.1. The number of aryl methyl sites for hydroxylation is 1. The van der Waals surface area contributed by atoms with E-state index in [0.717, 1.165) is 48.4 Å². The Morgan fingerprint density at radius 2 is 1.93 bits per heavy atom. The molecule has 2 heterocycles. The Morgan fingerprint density at radius 3 is 2.57 bits per heavy atom. The topological polar surface area (TPSA) is 69.5 Å². The molecular weight excluding hydrogens is 380 g/mol. The van der Waals surface area contributed by atoms with Gasteiger partial charge in [0.05, 0.1) is 29.9 Å². The molecule has 0 unspecified atom stereocenters. The van der Waals surface area contributed by atoms with Gasteiger partial charge in [-0.25, -0.2) is 4.79 Å². The van der Waals surface area contributed by atoms with E-state index in [2.05, 4.69) is 23.9 Å². The maximum atomic E-state index is 12.4. The second-order valence-corrected chi connectivity index (χ2v) is 8.02. The number of carbonyl (C=O) groups excluding carboxylic acids is 1. The molecule has 1 fully saturated rings. The van der Waals surface area contributed by atoms with Crippen LogP contribution in [-0.4, -0.2) is 45.0 Å². The van der Waals surface area contributed by atoms with E-state index < -0.39 is 0 Å². The molecule has 0 saturated heterocycles. The smallest absolute Gasteiger partial charge is 0.410 e. The van der Waals surface area contributed by atoms with Crippen LogP contribution in [0.25, 0.3) is 11.3 Å². The summed E-state index contributed by atoms with van der Waals surface area (Å²) in [5.74, 6) is 0.800. The first-order valence-electron chi connectivity index (χ1n) is 11.1. The Bertz CT molecular complexity index is 808. The SMILES string of the molecule is CCC(CC)N(C)C(=O)OCc1c(-c2ccc(OC3CCCCC3)cn2)cnn1C. The van der Waals surface area contributed by atoms with Crippen LogP contribution in [0.1, 0.15) is 64.5 Å². The molecule has 2 aromatic heterocycles. The third kappa shape index (κ3) is 5.32. The lowest BCUT2D eigenvalue weighted by atomic mass is 9.98. The van der Waals surface area contributed by atoms with Gasteiger partial charge in [0.15, 0.2) is 0 Å². The van der Waals surface area contributed by atoms with Crippen LogP contribution in [0.2, 0.25) is 0 Å². The number of pyridine rings is 1. The van der Waals surface area contributed by atoms with Gasteiger partial charge >= 0.3 is 6.09 Å². The van der Waals surface area contributed by atoms with Crippen LogP contribution in [0.4, 0.5) is 4.79 Å². The van der Waals surface area contributed by atoms with Crippen molar-refractivity contribution >= 4 is 6.09 Å².